The van der Waals surface area contributed by atoms with Crippen molar-refractivity contribution in [2.75, 3.05) is 13.2 Å². The van der Waals surface area contributed by atoms with E-state index in [0.29, 0.717) is 19.1 Å². The van der Waals surface area contributed by atoms with E-state index >= 15 is 0 Å². The standard InChI is InChI=1S/C11H20NO3PS/c1-5-14-16(13,15-6-2)7-10-8-17-11(12-10)9(3)4/h8-9H,5-7H2,1-4H3. The predicted octanol–water partition coefficient (Wildman–Crippen LogP) is 4.03. The van der Waals surface area contributed by atoms with Crippen LogP contribution in [0.4, 0.5) is 0 Å². The van der Waals surface area contributed by atoms with Gasteiger partial charge in [0.05, 0.1) is 30.1 Å². The molecule has 1 aromatic rings. The molecule has 6 heteroatoms. The van der Waals surface area contributed by atoms with Crippen LogP contribution in [0.2, 0.25) is 0 Å². The van der Waals surface area contributed by atoms with E-state index in [0.717, 1.165) is 10.7 Å². The molecule has 0 aliphatic carbocycles. The zero-order chi connectivity index (χ0) is 12.9. The van der Waals surface area contributed by atoms with Crippen LogP contribution in [0.1, 0.15) is 44.3 Å². The monoisotopic (exact) mass is 277 g/mol. The molecule has 0 unspecified atom stereocenters. The number of hydrogen-bond acceptors (Lipinski definition) is 5. The Hall–Kier alpha value is -0.220. The second kappa shape index (κ2) is 6.64. The molecule has 4 nitrogen and oxygen atoms in total. The van der Waals surface area contributed by atoms with Crippen LogP contribution in [0.5, 0.6) is 0 Å². The first kappa shape index (κ1) is 14.8. The van der Waals surface area contributed by atoms with Crippen LogP contribution in [-0.4, -0.2) is 18.2 Å². The molecule has 0 saturated carbocycles. The first-order chi connectivity index (χ1) is 8.00. The SMILES string of the molecule is CCOP(=O)(Cc1csc(C(C)C)n1)OCC. The van der Waals surface area contributed by atoms with Crippen molar-refractivity contribution in [2.24, 2.45) is 0 Å². The highest BCUT2D eigenvalue weighted by Gasteiger charge is 2.25. The van der Waals surface area contributed by atoms with Crippen LogP contribution in [0.25, 0.3) is 0 Å². The van der Waals surface area contributed by atoms with Gasteiger partial charge in [0.15, 0.2) is 0 Å². The summed E-state index contributed by atoms with van der Waals surface area (Å²) < 4.78 is 22.8. The summed E-state index contributed by atoms with van der Waals surface area (Å²) in [6.07, 6.45) is 0.262. The molecule has 0 atom stereocenters. The minimum Gasteiger partial charge on any atom is -0.309 e. The average molecular weight is 277 g/mol. The van der Waals surface area contributed by atoms with Crippen LogP contribution < -0.4 is 0 Å². The van der Waals surface area contributed by atoms with Crippen molar-refractivity contribution < 1.29 is 13.6 Å². The maximum Gasteiger partial charge on any atom is 0.336 e. The van der Waals surface area contributed by atoms with Gasteiger partial charge < -0.3 is 9.05 Å². The van der Waals surface area contributed by atoms with Crippen LogP contribution in [0, 0.1) is 0 Å². The zero-order valence-electron chi connectivity index (χ0n) is 10.8. The smallest absolute Gasteiger partial charge is 0.309 e. The Morgan fingerprint density at radius 2 is 1.94 bits per heavy atom. The number of rotatable bonds is 7. The summed E-state index contributed by atoms with van der Waals surface area (Å²) in [5.41, 5.74) is 0.795. The van der Waals surface area contributed by atoms with Gasteiger partial charge in [-0.15, -0.1) is 11.3 Å². The molecular weight excluding hydrogens is 257 g/mol. The molecule has 1 aromatic heterocycles. The van der Waals surface area contributed by atoms with Gasteiger partial charge in [0.25, 0.3) is 0 Å². The number of thiazole rings is 1. The van der Waals surface area contributed by atoms with E-state index < -0.39 is 7.60 Å². The first-order valence-corrected chi connectivity index (χ1v) is 8.44. The van der Waals surface area contributed by atoms with Gasteiger partial charge in [-0.3, -0.25) is 4.57 Å². The molecule has 0 fully saturated rings. The molecule has 0 N–H and O–H groups in total. The van der Waals surface area contributed by atoms with Crippen molar-refractivity contribution >= 4 is 18.9 Å². The molecule has 0 radical (unpaired) electrons. The molecule has 1 rings (SSSR count). The van der Waals surface area contributed by atoms with Crippen LogP contribution >= 0.6 is 18.9 Å². The predicted molar refractivity (Wildman–Crippen MR) is 70.8 cm³/mol. The van der Waals surface area contributed by atoms with E-state index in [1.807, 2.05) is 19.2 Å². The first-order valence-electron chi connectivity index (χ1n) is 5.83. The summed E-state index contributed by atoms with van der Waals surface area (Å²) in [5, 5.41) is 2.99. The fraction of sp³-hybridized carbons (Fsp3) is 0.727. The lowest BCUT2D eigenvalue weighted by Crippen LogP contribution is -1.99. The zero-order valence-corrected chi connectivity index (χ0v) is 12.5. The molecule has 1 heterocycles. The van der Waals surface area contributed by atoms with Crippen LogP contribution in [0.15, 0.2) is 5.38 Å². The van der Waals surface area contributed by atoms with Gasteiger partial charge in [-0.05, 0) is 13.8 Å². The molecular formula is C11H20NO3PS. The van der Waals surface area contributed by atoms with E-state index in [4.69, 9.17) is 9.05 Å². The number of aromatic nitrogens is 1. The molecule has 0 saturated heterocycles. The Kier molecular flexibility index (Phi) is 5.80. The van der Waals surface area contributed by atoms with Gasteiger partial charge in [-0.25, -0.2) is 4.98 Å². The minimum atomic E-state index is -3.01. The van der Waals surface area contributed by atoms with E-state index in [-0.39, 0.29) is 6.16 Å². The highest BCUT2D eigenvalue weighted by molar-refractivity contribution is 7.53. The summed E-state index contributed by atoms with van der Waals surface area (Å²) in [7, 11) is -3.01. The molecule has 0 aliphatic rings. The molecule has 98 valence electrons. The Morgan fingerprint density at radius 3 is 2.35 bits per heavy atom. The Labute approximate surface area is 107 Å². The Morgan fingerprint density at radius 1 is 1.35 bits per heavy atom. The van der Waals surface area contributed by atoms with E-state index in [9.17, 15) is 4.57 Å². The molecule has 0 bridgehead atoms. The van der Waals surface area contributed by atoms with Crippen molar-refractivity contribution in [1.29, 1.82) is 0 Å². The summed E-state index contributed by atoms with van der Waals surface area (Å²) in [6.45, 7) is 8.58. The van der Waals surface area contributed by atoms with E-state index in [1.54, 1.807) is 11.3 Å². The molecule has 17 heavy (non-hydrogen) atoms. The second-order valence-corrected chi connectivity index (χ2v) is 6.88. The summed E-state index contributed by atoms with van der Waals surface area (Å²) >= 11 is 1.59. The van der Waals surface area contributed by atoms with Crippen molar-refractivity contribution in [1.82, 2.24) is 4.98 Å². The Bertz CT molecular complexity index is 382. The normalized spacial score (nSPS) is 12.3. The van der Waals surface area contributed by atoms with Crippen molar-refractivity contribution in [3.63, 3.8) is 0 Å². The fourth-order valence-electron chi connectivity index (χ4n) is 1.38. The summed E-state index contributed by atoms with van der Waals surface area (Å²) in [5.74, 6) is 0.396. The lowest BCUT2D eigenvalue weighted by Gasteiger charge is -2.15. The highest BCUT2D eigenvalue weighted by Crippen LogP contribution is 2.51. The minimum absolute atomic E-state index is 0.262. The van der Waals surface area contributed by atoms with Gasteiger partial charge in [0, 0.05) is 11.3 Å². The third kappa shape index (κ3) is 4.51. The fourth-order valence-corrected chi connectivity index (χ4v) is 3.94. The van der Waals surface area contributed by atoms with Crippen LogP contribution in [-0.2, 0) is 19.8 Å². The van der Waals surface area contributed by atoms with Crippen molar-refractivity contribution in [3.8, 4) is 0 Å². The summed E-state index contributed by atoms with van der Waals surface area (Å²) in [6, 6.07) is 0. The van der Waals surface area contributed by atoms with Gasteiger partial charge >= 0.3 is 7.60 Å². The second-order valence-electron chi connectivity index (χ2n) is 3.94. The lowest BCUT2D eigenvalue weighted by molar-refractivity contribution is 0.219. The lowest BCUT2D eigenvalue weighted by atomic mass is 10.2. The third-order valence-corrected chi connectivity index (χ3v) is 5.28. The number of hydrogen-bond donors (Lipinski definition) is 0. The topological polar surface area (TPSA) is 48.4 Å². The van der Waals surface area contributed by atoms with Crippen molar-refractivity contribution in [3.05, 3.63) is 16.1 Å². The third-order valence-electron chi connectivity index (χ3n) is 2.07. The largest absolute Gasteiger partial charge is 0.336 e. The molecule has 0 amide bonds. The maximum atomic E-state index is 12.3. The molecule has 0 aromatic carbocycles. The maximum absolute atomic E-state index is 12.3. The van der Waals surface area contributed by atoms with Gasteiger partial charge in [-0.2, -0.15) is 0 Å². The average Bonchev–Trinajstić information content (AvgIpc) is 2.66. The Balaban J connectivity index is 2.75. The molecule has 0 spiro atoms. The van der Waals surface area contributed by atoms with Gasteiger partial charge in [0.1, 0.15) is 0 Å². The molecule has 0 aliphatic heterocycles. The summed E-state index contributed by atoms with van der Waals surface area (Å²) in [4.78, 5) is 4.45. The van der Waals surface area contributed by atoms with Crippen molar-refractivity contribution in [2.45, 2.75) is 39.8 Å². The quantitative estimate of drug-likeness (QED) is 0.706. The van der Waals surface area contributed by atoms with Gasteiger partial charge in [-0.1, -0.05) is 13.8 Å². The van der Waals surface area contributed by atoms with Crippen LogP contribution in [0.3, 0.4) is 0 Å². The van der Waals surface area contributed by atoms with E-state index in [2.05, 4.69) is 18.8 Å². The highest BCUT2D eigenvalue weighted by atomic mass is 32.1. The van der Waals surface area contributed by atoms with E-state index in [1.165, 1.54) is 0 Å². The van der Waals surface area contributed by atoms with Gasteiger partial charge in [0.2, 0.25) is 0 Å². The number of nitrogens with zero attached hydrogens (tertiary/aromatic N) is 1.